The van der Waals surface area contributed by atoms with Gasteiger partial charge in [0.25, 0.3) is 0 Å². The molecule has 0 aromatic heterocycles. The van der Waals surface area contributed by atoms with Crippen molar-refractivity contribution < 1.29 is 4.79 Å². The van der Waals surface area contributed by atoms with E-state index in [9.17, 15) is 4.79 Å². The highest BCUT2D eigenvalue weighted by Gasteiger charge is 2.28. The molecule has 2 aromatic carbocycles. The van der Waals surface area contributed by atoms with E-state index in [1.54, 1.807) is 0 Å². The van der Waals surface area contributed by atoms with Gasteiger partial charge < -0.3 is 0 Å². The number of halogens is 1. The number of carbonyl (C=O) groups excluding carboxylic acids is 1. The van der Waals surface area contributed by atoms with Crippen molar-refractivity contribution in [2.75, 3.05) is 4.90 Å². The molecule has 0 aliphatic carbocycles. The summed E-state index contributed by atoms with van der Waals surface area (Å²) in [5.41, 5.74) is 4.51. The fourth-order valence-corrected chi connectivity index (χ4v) is 3.04. The number of nitrogens with zero attached hydrogens (tertiary/aromatic N) is 1. The van der Waals surface area contributed by atoms with Gasteiger partial charge in [0.05, 0.1) is 16.2 Å². The minimum atomic E-state index is -0.156. The predicted octanol–water partition coefficient (Wildman–Crippen LogP) is 4.62. The molecule has 0 bridgehead atoms. The minimum absolute atomic E-state index is 0.110. The van der Waals surface area contributed by atoms with Crippen LogP contribution < -0.4 is 4.90 Å². The van der Waals surface area contributed by atoms with Crippen LogP contribution >= 0.6 is 15.9 Å². The zero-order valence-electron chi connectivity index (χ0n) is 12.1. The first-order valence-corrected chi connectivity index (χ1v) is 8.27. The molecule has 0 saturated carbocycles. The molecule has 0 radical (unpaired) electrons. The molecule has 3 rings (SSSR count). The Morgan fingerprint density at radius 3 is 2.00 bits per heavy atom. The van der Waals surface area contributed by atoms with Gasteiger partial charge in [0.15, 0.2) is 0 Å². The van der Waals surface area contributed by atoms with Crippen molar-refractivity contribution in [2.24, 2.45) is 0 Å². The molecule has 108 valence electrons. The Labute approximate surface area is 133 Å². The van der Waals surface area contributed by atoms with Gasteiger partial charge in [0, 0.05) is 0 Å². The standard InChI is InChI=1S/C18H18BrNO/c1-2-15(19)18(21)20-16-9-5-3-7-13(16)11-12-14-8-4-6-10-17(14)20/h3-10,15H,2,11-12H2,1H3. The van der Waals surface area contributed by atoms with Crippen LogP contribution in [0.5, 0.6) is 0 Å². The van der Waals surface area contributed by atoms with Crippen molar-refractivity contribution in [2.45, 2.75) is 31.0 Å². The second-order valence-electron chi connectivity index (χ2n) is 5.31. The van der Waals surface area contributed by atoms with Gasteiger partial charge in [-0.1, -0.05) is 59.3 Å². The second-order valence-corrected chi connectivity index (χ2v) is 6.41. The summed E-state index contributed by atoms with van der Waals surface area (Å²) in [7, 11) is 0. The molecular formula is C18H18BrNO. The Morgan fingerprint density at radius 2 is 1.52 bits per heavy atom. The number of anilines is 2. The fourth-order valence-electron chi connectivity index (χ4n) is 2.83. The molecule has 1 aliphatic heterocycles. The van der Waals surface area contributed by atoms with Gasteiger partial charge in [0.2, 0.25) is 5.91 Å². The van der Waals surface area contributed by atoms with E-state index in [4.69, 9.17) is 0 Å². The van der Waals surface area contributed by atoms with Gasteiger partial charge in [-0.15, -0.1) is 0 Å². The minimum Gasteiger partial charge on any atom is -0.280 e. The van der Waals surface area contributed by atoms with Crippen LogP contribution in [0.1, 0.15) is 24.5 Å². The van der Waals surface area contributed by atoms with Crippen LogP contribution in [0.2, 0.25) is 0 Å². The maximum atomic E-state index is 12.9. The first-order valence-electron chi connectivity index (χ1n) is 7.36. The van der Waals surface area contributed by atoms with E-state index in [0.29, 0.717) is 0 Å². The molecule has 2 nitrogen and oxygen atoms in total. The van der Waals surface area contributed by atoms with Crippen molar-refractivity contribution in [1.82, 2.24) is 0 Å². The number of amides is 1. The van der Waals surface area contributed by atoms with Gasteiger partial charge in [-0.2, -0.15) is 0 Å². The molecule has 21 heavy (non-hydrogen) atoms. The molecule has 2 aromatic rings. The third-order valence-corrected chi connectivity index (χ3v) is 5.01. The van der Waals surface area contributed by atoms with E-state index >= 15 is 0 Å². The molecule has 1 heterocycles. The lowest BCUT2D eigenvalue weighted by atomic mass is 10.0. The van der Waals surface area contributed by atoms with E-state index in [1.807, 2.05) is 48.2 Å². The molecule has 1 unspecified atom stereocenters. The first kappa shape index (κ1) is 14.3. The normalized spacial score (nSPS) is 14.9. The quantitative estimate of drug-likeness (QED) is 0.728. The molecule has 3 heteroatoms. The van der Waals surface area contributed by atoms with Gasteiger partial charge in [-0.3, -0.25) is 9.69 Å². The number of alkyl halides is 1. The lowest BCUT2D eigenvalue weighted by molar-refractivity contribution is -0.117. The Bertz CT molecular complexity index is 620. The second kappa shape index (κ2) is 6.02. The van der Waals surface area contributed by atoms with E-state index in [-0.39, 0.29) is 10.7 Å². The van der Waals surface area contributed by atoms with Gasteiger partial charge in [-0.25, -0.2) is 0 Å². The van der Waals surface area contributed by atoms with Crippen LogP contribution in [0.3, 0.4) is 0 Å². The topological polar surface area (TPSA) is 20.3 Å². The number of hydrogen-bond acceptors (Lipinski definition) is 1. The van der Waals surface area contributed by atoms with Crippen molar-refractivity contribution in [1.29, 1.82) is 0 Å². The fraction of sp³-hybridized carbons (Fsp3) is 0.278. The van der Waals surface area contributed by atoms with E-state index < -0.39 is 0 Å². The van der Waals surface area contributed by atoms with Crippen LogP contribution in [-0.2, 0) is 17.6 Å². The van der Waals surface area contributed by atoms with Crippen LogP contribution in [0.4, 0.5) is 11.4 Å². The van der Waals surface area contributed by atoms with Crippen LogP contribution in [-0.4, -0.2) is 10.7 Å². The average molecular weight is 344 g/mol. The number of fused-ring (bicyclic) bond motifs is 2. The lowest BCUT2D eigenvalue weighted by Crippen LogP contribution is -2.33. The summed E-state index contributed by atoms with van der Waals surface area (Å²) in [5.74, 6) is 0.110. The Morgan fingerprint density at radius 1 is 1.05 bits per heavy atom. The highest BCUT2D eigenvalue weighted by atomic mass is 79.9. The Hall–Kier alpha value is -1.61. The van der Waals surface area contributed by atoms with Crippen molar-refractivity contribution in [3.8, 4) is 0 Å². The Kier molecular flexibility index (Phi) is 4.11. The molecule has 1 atom stereocenters. The highest BCUT2D eigenvalue weighted by molar-refractivity contribution is 9.10. The maximum Gasteiger partial charge on any atom is 0.245 e. The molecule has 0 fully saturated rings. The zero-order chi connectivity index (χ0) is 14.8. The smallest absolute Gasteiger partial charge is 0.245 e. The van der Waals surface area contributed by atoms with E-state index in [0.717, 1.165) is 30.6 Å². The number of hydrogen-bond donors (Lipinski definition) is 0. The predicted molar refractivity (Wildman–Crippen MR) is 90.4 cm³/mol. The maximum absolute atomic E-state index is 12.9. The average Bonchev–Trinajstić information content (AvgIpc) is 2.70. The monoisotopic (exact) mass is 343 g/mol. The van der Waals surface area contributed by atoms with Crippen LogP contribution in [0, 0.1) is 0 Å². The summed E-state index contributed by atoms with van der Waals surface area (Å²) >= 11 is 3.52. The summed E-state index contributed by atoms with van der Waals surface area (Å²) in [5, 5.41) is 0. The molecule has 0 saturated heterocycles. The molecule has 0 N–H and O–H groups in total. The van der Waals surface area contributed by atoms with Crippen LogP contribution in [0.15, 0.2) is 48.5 Å². The molecule has 0 spiro atoms. The SMILES string of the molecule is CCC(Br)C(=O)N1c2ccccc2CCc2ccccc21. The van der Waals surface area contributed by atoms with Crippen molar-refractivity contribution >= 4 is 33.2 Å². The summed E-state index contributed by atoms with van der Waals surface area (Å²) in [6, 6.07) is 16.4. The van der Waals surface area contributed by atoms with Gasteiger partial charge in [0.1, 0.15) is 0 Å². The van der Waals surface area contributed by atoms with Gasteiger partial charge in [-0.05, 0) is 42.5 Å². The largest absolute Gasteiger partial charge is 0.280 e. The summed E-state index contributed by atoms with van der Waals surface area (Å²) in [6.45, 7) is 2.02. The summed E-state index contributed by atoms with van der Waals surface area (Å²) < 4.78 is 0. The third-order valence-electron chi connectivity index (χ3n) is 3.98. The summed E-state index contributed by atoms with van der Waals surface area (Å²) in [6.07, 6.45) is 2.71. The Balaban J connectivity index is 2.18. The number of aryl methyl sites for hydroxylation is 2. The zero-order valence-corrected chi connectivity index (χ0v) is 13.6. The van der Waals surface area contributed by atoms with Gasteiger partial charge >= 0.3 is 0 Å². The third kappa shape index (κ3) is 2.62. The van der Waals surface area contributed by atoms with E-state index in [1.165, 1.54) is 11.1 Å². The van der Waals surface area contributed by atoms with Crippen LogP contribution in [0.25, 0.3) is 0 Å². The molecule has 1 aliphatic rings. The van der Waals surface area contributed by atoms with E-state index in [2.05, 4.69) is 28.1 Å². The van der Waals surface area contributed by atoms with Crippen molar-refractivity contribution in [3.63, 3.8) is 0 Å². The highest BCUT2D eigenvalue weighted by Crippen LogP contribution is 2.37. The molecular weight excluding hydrogens is 326 g/mol. The first-order chi connectivity index (χ1) is 10.2. The summed E-state index contributed by atoms with van der Waals surface area (Å²) in [4.78, 5) is 14.6. The number of para-hydroxylation sites is 2. The lowest BCUT2D eigenvalue weighted by Gasteiger charge is -2.26. The number of rotatable bonds is 2. The number of carbonyl (C=O) groups is 1. The number of benzene rings is 2. The van der Waals surface area contributed by atoms with Crippen molar-refractivity contribution in [3.05, 3.63) is 59.7 Å². The molecule has 1 amide bonds.